The first-order chi connectivity index (χ1) is 14.1. The molecule has 1 amide bonds. The van der Waals surface area contributed by atoms with E-state index in [4.69, 9.17) is 10.2 Å². The van der Waals surface area contributed by atoms with Crippen molar-refractivity contribution in [1.82, 2.24) is 14.8 Å². The number of carbonyl (C=O) groups excluding carboxylic acids is 1. The molecule has 2 atom stereocenters. The summed E-state index contributed by atoms with van der Waals surface area (Å²) in [5.74, 6) is 1.83. The molecule has 1 aliphatic rings. The molecule has 0 unspecified atom stereocenters. The van der Waals surface area contributed by atoms with E-state index in [1.807, 2.05) is 47.0 Å². The molecule has 1 saturated heterocycles. The summed E-state index contributed by atoms with van der Waals surface area (Å²) in [5.41, 5.74) is 6.58. The first-order valence-corrected chi connectivity index (χ1v) is 10.7. The van der Waals surface area contributed by atoms with E-state index in [2.05, 4.69) is 22.0 Å². The molecule has 2 aromatic heterocycles. The summed E-state index contributed by atoms with van der Waals surface area (Å²) in [4.78, 5) is 14.5. The van der Waals surface area contributed by atoms with E-state index in [0.29, 0.717) is 17.6 Å². The summed E-state index contributed by atoms with van der Waals surface area (Å²) in [7, 11) is 0. The normalized spacial score (nSPS) is 18.0. The molecule has 1 aromatic carbocycles. The number of aromatic nitrogens is 3. The van der Waals surface area contributed by atoms with Crippen molar-refractivity contribution in [3.8, 4) is 0 Å². The van der Waals surface area contributed by atoms with Crippen LogP contribution in [0.3, 0.4) is 0 Å². The van der Waals surface area contributed by atoms with Crippen LogP contribution in [0.4, 0.5) is 5.95 Å². The van der Waals surface area contributed by atoms with Crippen LogP contribution in [0.25, 0.3) is 0 Å². The van der Waals surface area contributed by atoms with Gasteiger partial charge in [-0.1, -0.05) is 49.0 Å². The highest BCUT2D eigenvalue weighted by molar-refractivity contribution is 8.00. The van der Waals surface area contributed by atoms with Crippen LogP contribution in [0.5, 0.6) is 0 Å². The highest BCUT2D eigenvalue weighted by Crippen LogP contribution is 2.36. The molecule has 0 aliphatic carbocycles. The van der Waals surface area contributed by atoms with Crippen LogP contribution in [0, 0.1) is 5.92 Å². The maximum Gasteiger partial charge on any atom is 0.235 e. The minimum absolute atomic E-state index is 0.401. The van der Waals surface area contributed by atoms with Crippen molar-refractivity contribution < 1.29 is 9.21 Å². The topological polar surface area (TPSA) is 90.2 Å². The number of hydrogen-bond acceptors (Lipinski definition) is 6. The van der Waals surface area contributed by atoms with Crippen LogP contribution < -0.4 is 10.6 Å². The second-order valence-corrected chi connectivity index (χ2v) is 8.52. The molecule has 2 N–H and O–H groups in total. The molecule has 3 aromatic rings. The Morgan fingerprint density at radius 3 is 2.79 bits per heavy atom. The standard InChI is InChI=1S/C21H25N5O2S/c1-15-7-5-11-25(13-15)20-23-24-21(26(20)14-17-10-6-12-28-17)29-18(19(22)27)16-8-3-2-4-9-16/h2-4,6,8-10,12,15,18H,5,7,11,13-14H2,1H3,(H2,22,27)/t15-,18-/m0/s1. The monoisotopic (exact) mass is 411 g/mol. The zero-order valence-electron chi connectivity index (χ0n) is 16.4. The van der Waals surface area contributed by atoms with Crippen molar-refractivity contribution in [3.63, 3.8) is 0 Å². The smallest absolute Gasteiger partial charge is 0.235 e. The highest BCUT2D eigenvalue weighted by atomic mass is 32.2. The van der Waals surface area contributed by atoms with Crippen LogP contribution >= 0.6 is 11.8 Å². The van der Waals surface area contributed by atoms with E-state index in [0.717, 1.165) is 36.8 Å². The van der Waals surface area contributed by atoms with Gasteiger partial charge in [0.25, 0.3) is 0 Å². The van der Waals surface area contributed by atoms with Gasteiger partial charge in [0, 0.05) is 13.1 Å². The predicted octanol–water partition coefficient (Wildman–Crippen LogP) is 3.47. The van der Waals surface area contributed by atoms with Crippen molar-refractivity contribution >= 4 is 23.6 Å². The molecule has 1 fully saturated rings. The van der Waals surface area contributed by atoms with Crippen LogP contribution in [-0.2, 0) is 11.3 Å². The van der Waals surface area contributed by atoms with E-state index in [1.165, 1.54) is 18.2 Å². The zero-order chi connectivity index (χ0) is 20.2. The Morgan fingerprint density at radius 2 is 2.10 bits per heavy atom. The fraction of sp³-hybridized carbons (Fsp3) is 0.381. The van der Waals surface area contributed by atoms with Gasteiger partial charge in [0.05, 0.1) is 12.8 Å². The van der Waals surface area contributed by atoms with Crippen molar-refractivity contribution in [1.29, 1.82) is 0 Å². The summed E-state index contributed by atoms with van der Waals surface area (Å²) in [6.07, 6.45) is 4.01. The highest BCUT2D eigenvalue weighted by Gasteiger charge is 2.27. The van der Waals surface area contributed by atoms with Crippen molar-refractivity contribution in [2.75, 3.05) is 18.0 Å². The number of nitrogens with two attached hydrogens (primary N) is 1. The van der Waals surface area contributed by atoms with Gasteiger partial charge in [-0.05, 0) is 36.5 Å². The van der Waals surface area contributed by atoms with E-state index < -0.39 is 11.2 Å². The summed E-state index contributed by atoms with van der Waals surface area (Å²) in [5, 5.41) is 9.03. The number of carbonyl (C=O) groups is 1. The number of thioether (sulfide) groups is 1. The van der Waals surface area contributed by atoms with Gasteiger partial charge in [0.1, 0.15) is 11.0 Å². The quantitative estimate of drug-likeness (QED) is 0.599. The number of piperidine rings is 1. The average Bonchev–Trinajstić information content (AvgIpc) is 3.37. The second kappa shape index (κ2) is 8.73. The van der Waals surface area contributed by atoms with Gasteiger partial charge >= 0.3 is 0 Å². The van der Waals surface area contributed by atoms with Gasteiger partial charge in [-0.15, -0.1) is 10.2 Å². The van der Waals surface area contributed by atoms with E-state index in [-0.39, 0.29) is 0 Å². The molecule has 0 radical (unpaired) electrons. The maximum absolute atomic E-state index is 12.2. The molecule has 0 spiro atoms. The molecule has 3 heterocycles. The first-order valence-electron chi connectivity index (χ1n) is 9.83. The molecule has 7 nitrogen and oxygen atoms in total. The minimum atomic E-state index is -0.538. The Labute approximate surface area is 174 Å². The lowest BCUT2D eigenvalue weighted by Gasteiger charge is -2.31. The van der Waals surface area contributed by atoms with Gasteiger partial charge in [0.15, 0.2) is 5.16 Å². The Bertz CT molecular complexity index is 941. The van der Waals surface area contributed by atoms with Crippen LogP contribution in [0.15, 0.2) is 58.3 Å². The SMILES string of the molecule is C[C@H]1CCCN(c2nnc(S[C@H](C(N)=O)c3ccccc3)n2Cc2ccco2)C1. The maximum atomic E-state index is 12.2. The summed E-state index contributed by atoms with van der Waals surface area (Å²) >= 11 is 1.33. The van der Waals surface area contributed by atoms with Crippen LogP contribution in [0.1, 0.15) is 36.3 Å². The fourth-order valence-corrected chi connectivity index (χ4v) is 4.68. The predicted molar refractivity (Wildman–Crippen MR) is 113 cm³/mol. The van der Waals surface area contributed by atoms with Gasteiger partial charge < -0.3 is 15.1 Å². The van der Waals surface area contributed by atoms with Gasteiger partial charge in [-0.2, -0.15) is 0 Å². The minimum Gasteiger partial charge on any atom is -0.467 e. The Hall–Kier alpha value is -2.74. The third kappa shape index (κ3) is 4.48. The number of nitrogens with zero attached hydrogens (tertiary/aromatic N) is 4. The number of furan rings is 1. The average molecular weight is 412 g/mol. The number of amides is 1. The van der Waals surface area contributed by atoms with Gasteiger partial charge in [0.2, 0.25) is 11.9 Å². The number of hydrogen-bond donors (Lipinski definition) is 1. The van der Waals surface area contributed by atoms with Gasteiger partial charge in [-0.3, -0.25) is 9.36 Å². The van der Waals surface area contributed by atoms with Crippen molar-refractivity contribution in [3.05, 3.63) is 60.1 Å². The molecule has 8 heteroatoms. The van der Waals surface area contributed by atoms with E-state index in [9.17, 15) is 4.79 Å². The van der Waals surface area contributed by atoms with Crippen LogP contribution in [-0.4, -0.2) is 33.8 Å². The first kappa shape index (κ1) is 19.6. The largest absolute Gasteiger partial charge is 0.467 e. The molecule has 1 aliphatic heterocycles. The fourth-order valence-electron chi connectivity index (χ4n) is 3.69. The second-order valence-electron chi connectivity index (χ2n) is 7.45. The summed E-state index contributed by atoms with van der Waals surface area (Å²) in [6, 6.07) is 13.3. The third-order valence-corrected chi connectivity index (χ3v) is 6.37. The lowest BCUT2D eigenvalue weighted by molar-refractivity contribution is -0.117. The Kier molecular flexibility index (Phi) is 5.89. The molecular weight excluding hydrogens is 386 g/mol. The third-order valence-electron chi connectivity index (χ3n) is 5.12. The molecular formula is C21H25N5O2S. The molecule has 0 bridgehead atoms. The number of rotatable bonds is 7. The van der Waals surface area contributed by atoms with Crippen LogP contribution in [0.2, 0.25) is 0 Å². The lowest BCUT2D eigenvalue weighted by Crippen LogP contribution is -2.36. The summed E-state index contributed by atoms with van der Waals surface area (Å²) in [6.45, 7) is 4.65. The molecule has 152 valence electrons. The number of primary amides is 1. The zero-order valence-corrected chi connectivity index (χ0v) is 17.2. The summed E-state index contributed by atoms with van der Waals surface area (Å²) < 4.78 is 7.59. The van der Waals surface area contributed by atoms with Crippen molar-refractivity contribution in [2.24, 2.45) is 11.7 Å². The number of anilines is 1. The lowest BCUT2D eigenvalue weighted by atomic mass is 10.0. The van der Waals surface area contributed by atoms with E-state index in [1.54, 1.807) is 6.26 Å². The molecule has 29 heavy (non-hydrogen) atoms. The Balaban J connectivity index is 1.67. The van der Waals surface area contributed by atoms with Crippen molar-refractivity contribution in [2.45, 2.75) is 36.7 Å². The molecule has 0 saturated carbocycles. The van der Waals surface area contributed by atoms with Gasteiger partial charge in [-0.25, -0.2) is 0 Å². The Morgan fingerprint density at radius 1 is 1.28 bits per heavy atom. The molecule has 4 rings (SSSR count). The number of benzene rings is 1. The van der Waals surface area contributed by atoms with E-state index >= 15 is 0 Å².